The van der Waals surface area contributed by atoms with E-state index in [0.29, 0.717) is 6.10 Å². The van der Waals surface area contributed by atoms with Crippen LogP contribution in [0, 0.1) is 0 Å². The Morgan fingerprint density at radius 3 is 2.62 bits per heavy atom. The van der Waals surface area contributed by atoms with E-state index in [1.54, 1.807) is 0 Å². The first kappa shape index (κ1) is 5.42. The van der Waals surface area contributed by atoms with Crippen molar-refractivity contribution in [1.29, 1.82) is 0 Å². The molecule has 1 heterocycles. The molecule has 0 aliphatic carbocycles. The van der Waals surface area contributed by atoms with E-state index >= 15 is 0 Å². The van der Waals surface area contributed by atoms with Crippen LogP contribution in [0.5, 0.6) is 0 Å². The van der Waals surface area contributed by atoms with Crippen molar-refractivity contribution in [2.75, 3.05) is 0 Å². The van der Waals surface area contributed by atoms with Crippen LogP contribution in [-0.2, 0) is 4.74 Å². The zero-order valence-electron chi connectivity index (χ0n) is 5.22. The summed E-state index contributed by atoms with van der Waals surface area (Å²) in [7, 11) is 0. The molecule has 1 saturated heterocycles. The van der Waals surface area contributed by atoms with Gasteiger partial charge < -0.3 is 4.74 Å². The first-order chi connectivity index (χ1) is 3.84. The van der Waals surface area contributed by atoms with E-state index in [4.69, 9.17) is 4.74 Å². The maximum Gasteiger partial charge on any atom is 0.152 e. The fourth-order valence-electron chi connectivity index (χ4n) is 0.536. The highest BCUT2D eigenvalue weighted by Crippen LogP contribution is 2.25. The summed E-state index contributed by atoms with van der Waals surface area (Å²) >= 11 is 0. The molecular weight excluding hydrogens is 100 g/mol. The molecule has 0 N–H and O–H groups in total. The molecule has 0 aromatic carbocycles. The van der Waals surface area contributed by atoms with Gasteiger partial charge in [-0.1, -0.05) is 12.2 Å². The Morgan fingerprint density at radius 2 is 2.25 bits per heavy atom. The topological polar surface area (TPSA) is 12.5 Å². The molecule has 1 fully saturated rings. The molecule has 0 bridgehead atoms. The Balaban J connectivity index is 2.36. The van der Waals surface area contributed by atoms with Crippen molar-refractivity contribution in [2.45, 2.75) is 20.0 Å². The molecule has 1 aliphatic heterocycles. The number of rotatable bonds is 1. The fourth-order valence-corrected chi connectivity index (χ4v) is 0.536. The largest absolute Gasteiger partial charge is 0.483 e. The first-order valence-electron chi connectivity index (χ1n) is 2.84. The lowest BCUT2D eigenvalue weighted by atomic mass is 10.4. The van der Waals surface area contributed by atoms with Crippen LogP contribution in [-0.4, -0.2) is 6.10 Å². The smallest absolute Gasteiger partial charge is 0.152 e. The van der Waals surface area contributed by atoms with Crippen LogP contribution in [0.4, 0.5) is 0 Å². The van der Waals surface area contributed by atoms with E-state index in [9.17, 15) is 0 Å². The molecule has 0 radical (unpaired) electrons. The lowest BCUT2D eigenvalue weighted by Gasteiger charge is -1.62. The third-order valence-corrected chi connectivity index (χ3v) is 1.11. The van der Waals surface area contributed by atoms with E-state index in [2.05, 4.69) is 0 Å². The van der Waals surface area contributed by atoms with Crippen LogP contribution < -0.4 is 0 Å². The third kappa shape index (κ3) is 1.12. The summed E-state index contributed by atoms with van der Waals surface area (Å²) in [5.41, 5.74) is 0. The summed E-state index contributed by atoms with van der Waals surface area (Å²) in [6, 6.07) is 0. The second kappa shape index (κ2) is 2.03. The molecule has 0 saturated carbocycles. The van der Waals surface area contributed by atoms with Gasteiger partial charge in [0, 0.05) is 0 Å². The van der Waals surface area contributed by atoms with E-state index < -0.39 is 0 Å². The van der Waals surface area contributed by atoms with Crippen molar-refractivity contribution < 1.29 is 4.74 Å². The van der Waals surface area contributed by atoms with Gasteiger partial charge in [-0.2, -0.15) is 0 Å². The van der Waals surface area contributed by atoms with Gasteiger partial charge in [-0.25, -0.2) is 0 Å². The molecule has 8 heavy (non-hydrogen) atoms. The van der Waals surface area contributed by atoms with Crippen LogP contribution in [0.2, 0.25) is 0 Å². The number of allylic oxidation sites excluding steroid dienone is 3. The van der Waals surface area contributed by atoms with Gasteiger partial charge in [-0.15, -0.1) is 0 Å². The minimum atomic E-state index is 0.381. The van der Waals surface area contributed by atoms with Gasteiger partial charge in [0.15, 0.2) is 6.10 Å². The van der Waals surface area contributed by atoms with E-state index in [0.717, 1.165) is 5.76 Å². The molecule has 0 spiro atoms. The van der Waals surface area contributed by atoms with Crippen molar-refractivity contribution in [1.82, 2.24) is 0 Å². The zero-order chi connectivity index (χ0) is 5.98. The number of hydrogen-bond donors (Lipinski definition) is 0. The Labute approximate surface area is 49.7 Å². The minimum absolute atomic E-state index is 0.381. The van der Waals surface area contributed by atoms with Gasteiger partial charge in [0.2, 0.25) is 0 Å². The maximum absolute atomic E-state index is 5.03. The van der Waals surface area contributed by atoms with Gasteiger partial charge in [0.1, 0.15) is 5.76 Å². The molecule has 1 heteroatoms. The van der Waals surface area contributed by atoms with Gasteiger partial charge in [-0.3, -0.25) is 0 Å². The van der Waals surface area contributed by atoms with Crippen molar-refractivity contribution >= 4 is 0 Å². The zero-order valence-corrected chi connectivity index (χ0v) is 5.22. The summed E-state index contributed by atoms with van der Waals surface area (Å²) in [6.07, 6.45) is 6.34. The summed E-state index contributed by atoms with van der Waals surface area (Å²) in [5, 5.41) is 0. The highest BCUT2D eigenvalue weighted by Gasteiger charge is 2.24. The number of ether oxygens (including phenoxy) is 1. The standard InChI is InChI=1S/C7H10O/c1-3-4-5-7-6(2)8-7/h3-6H,1-2H3/b4-3-,7-5+/t6-/m0/s1. The van der Waals surface area contributed by atoms with Crippen LogP contribution in [0.1, 0.15) is 13.8 Å². The lowest BCUT2D eigenvalue weighted by Crippen LogP contribution is -1.61. The van der Waals surface area contributed by atoms with Crippen LogP contribution in [0.15, 0.2) is 24.0 Å². The third-order valence-electron chi connectivity index (χ3n) is 1.11. The van der Waals surface area contributed by atoms with E-state index in [1.165, 1.54) is 0 Å². The Hall–Kier alpha value is -0.720. The highest BCUT2D eigenvalue weighted by atomic mass is 16.6. The van der Waals surface area contributed by atoms with Crippen molar-refractivity contribution in [2.24, 2.45) is 0 Å². The Bertz CT molecular complexity index is 133. The Kier molecular flexibility index (Phi) is 1.38. The number of epoxide rings is 1. The fraction of sp³-hybridized carbons (Fsp3) is 0.429. The quantitative estimate of drug-likeness (QED) is 0.469. The maximum atomic E-state index is 5.03. The average Bonchev–Trinajstić information content (AvgIpc) is 2.42. The molecule has 0 unspecified atom stereocenters. The predicted octanol–water partition coefficient (Wildman–Crippen LogP) is 1.87. The highest BCUT2D eigenvalue weighted by molar-refractivity contribution is 5.18. The van der Waals surface area contributed by atoms with Crippen LogP contribution in [0.3, 0.4) is 0 Å². The number of hydrogen-bond acceptors (Lipinski definition) is 1. The summed E-state index contributed by atoms with van der Waals surface area (Å²) < 4.78 is 5.03. The SMILES string of the molecule is C/C=C\C=C1\O[C@H]1C. The Morgan fingerprint density at radius 1 is 1.62 bits per heavy atom. The first-order valence-corrected chi connectivity index (χ1v) is 2.84. The van der Waals surface area contributed by atoms with Crippen LogP contribution in [0.25, 0.3) is 0 Å². The molecule has 1 nitrogen and oxygen atoms in total. The predicted molar refractivity (Wildman–Crippen MR) is 33.4 cm³/mol. The molecule has 1 aliphatic rings. The second-order valence-corrected chi connectivity index (χ2v) is 1.85. The molecular formula is C7H10O. The molecule has 0 aromatic heterocycles. The van der Waals surface area contributed by atoms with Crippen LogP contribution >= 0.6 is 0 Å². The molecule has 44 valence electrons. The summed E-state index contributed by atoms with van der Waals surface area (Å²) in [6.45, 7) is 4.03. The van der Waals surface area contributed by atoms with Gasteiger partial charge in [0.25, 0.3) is 0 Å². The monoisotopic (exact) mass is 110 g/mol. The summed E-state index contributed by atoms with van der Waals surface area (Å²) in [5.74, 6) is 1.10. The molecule has 0 amide bonds. The van der Waals surface area contributed by atoms with Gasteiger partial charge in [0.05, 0.1) is 0 Å². The second-order valence-electron chi connectivity index (χ2n) is 1.85. The molecule has 1 atom stereocenters. The van der Waals surface area contributed by atoms with Crippen molar-refractivity contribution in [3.8, 4) is 0 Å². The summed E-state index contributed by atoms with van der Waals surface area (Å²) in [4.78, 5) is 0. The van der Waals surface area contributed by atoms with Crippen molar-refractivity contribution in [3.63, 3.8) is 0 Å². The molecule has 1 rings (SSSR count). The van der Waals surface area contributed by atoms with E-state index in [-0.39, 0.29) is 0 Å². The van der Waals surface area contributed by atoms with Gasteiger partial charge >= 0.3 is 0 Å². The van der Waals surface area contributed by atoms with Crippen molar-refractivity contribution in [3.05, 3.63) is 24.0 Å². The minimum Gasteiger partial charge on any atom is -0.483 e. The van der Waals surface area contributed by atoms with Gasteiger partial charge in [-0.05, 0) is 19.9 Å². The molecule has 0 aromatic rings. The van der Waals surface area contributed by atoms with E-state index in [1.807, 2.05) is 32.1 Å². The lowest BCUT2D eigenvalue weighted by molar-refractivity contribution is 0.445. The average molecular weight is 110 g/mol. The normalized spacial score (nSPS) is 31.2.